The normalized spacial score (nSPS) is 19.1. The summed E-state index contributed by atoms with van der Waals surface area (Å²) in [4.78, 5) is 0. The van der Waals surface area contributed by atoms with Crippen LogP contribution >= 0.6 is 0 Å². The Bertz CT molecular complexity index is 467. The third-order valence-electron chi connectivity index (χ3n) is 3.45. The molecule has 20 heavy (non-hydrogen) atoms. The maximum Gasteiger partial charge on any atom is 0.132 e. The average molecular weight is 279 g/mol. The smallest absolute Gasteiger partial charge is 0.132 e. The zero-order valence-corrected chi connectivity index (χ0v) is 12.0. The first-order valence-corrected chi connectivity index (χ1v) is 6.86. The van der Waals surface area contributed by atoms with Crippen LogP contribution in [-0.2, 0) is 4.74 Å². The fourth-order valence-corrected chi connectivity index (χ4v) is 2.27. The summed E-state index contributed by atoms with van der Waals surface area (Å²) in [6.07, 6.45) is 3.40. The number of hydrogen-bond acceptors (Lipinski definition) is 5. The van der Waals surface area contributed by atoms with E-state index in [1.165, 1.54) is 0 Å². The van der Waals surface area contributed by atoms with Crippen molar-refractivity contribution in [2.45, 2.75) is 32.3 Å². The van der Waals surface area contributed by atoms with Gasteiger partial charge in [-0.1, -0.05) is 5.16 Å². The summed E-state index contributed by atoms with van der Waals surface area (Å²) in [7, 11) is 1.61. The molecule has 5 nitrogen and oxygen atoms in total. The summed E-state index contributed by atoms with van der Waals surface area (Å²) in [6.45, 7) is 3.16. The number of nitrogens with zero attached hydrogens (tertiary/aromatic N) is 1. The minimum absolute atomic E-state index is 0.302. The molecule has 0 amide bonds. The molecule has 1 aromatic rings. The zero-order chi connectivity index (χ0) is 14.4. The highest BCUT2D eigenvalue weighted by Gasteiger charge is 2.16. The number of methoxy groups -OCH3 is 1. The third kappa shape index (κ3) is 3.63. The van der Waals surface area contributed by atoms with Crippen LogP contribution in [0.4, 0.5) is 0 Å². The first-order valence-electron chi connectivity index (χ1n) is 6.86. The number of rotatable bonds is 6. The van der Waals surface area contributed by atoms with Crippen molar-refractivity contribution < 1.29 is 19.4 Å². The molecule has 0 aromatic heterocycles. The van der Waals surface area contributed by atoms with Gasteiger partial charge in [-0.3, -0.25) is 0 Å². The molecule has 0 spiro atoms. The lowest BCUT2D eigenvalue weighted by Crippen LogP contribution is -2.12. The lowest BCUT2D eigenvalue weighted by Gasteiger charge is -2.14. The van der Waals surface area contributed by atoms with Crippen LogP contribution < -0.4 is 9.47 Å². The van der Waals surface area contributed by atoms with Crippen LogP contribution in [-0.4, -0.2) is 37.3 Å². The van der Waals surface area contributed by atoms with Gasteiger partial charge in [0.25, 0.3) is 0 Å². The molecule has 1 aromatic carbocycles. The number of hydrogen-bond donors (Lipinski definition) is 1. The molecule has 0 aliphatic carbocycles. The summed E-state index contributed by atoms with van der Waals surface area (Å²) < 4.78 is 16.6. The van der Waals surface area contributed by atoms with Crippen LogP contribution in [0.15, 0.2) is 23.4 Å². The summed E-state index contributed by atoms with van der Waals surface area (Å²) in [5, 5.41) is 12.1. The van der Waals surface area contributed by atoms with Crippen molar-refractivity contribution in [2.75, 3.05) is 20.3 Å². The molecular formula is C15H21NO4. The van der Waals surface area contributed by atoms with E-state index >= 15 is 0 Å². The van der Waals surface area contributed by atoms with Gasteiger partial charge in [-0.25, -0.2) is 0 Å². The Morgan fingerprint density at radius 2 is 2.35 bits per heavy atom. The Morgan fingerprint density at radius 3 is 3.00 bits per heavy atom. The highest BCUT2D eigenvalue weighted by molar-refractivity contribution is 6.00. The third-order valence-corrected chi connectivity index (χ3v) is 3.45. The van der Waals surface area contributed by atoms with Crippen LogP contribution in [0, 0.1) is 0 Å². The molecule has 5 heteroatoms. The average Bonchev–Trinajstić information content (AvgIpc) is 2.99. The molecule has 1 aliphatic heterocycles. The monoisotopic (exact) mass is 279 g/mol. The molecule has 1 N–H and O–H groups in total. The fourth-order valence-electron chi connectivity index (χ4n) is 2.27. The summed E-state index contributed by atoms with van der Waals surface area (Å²) in [6, 6.07) is 5.45. The van der Waals surface area contributed by atoms with Crippen LogP contribution in [0.1, 0.15) is 31.7 Å². The Morgan fingerprint density at radius 1 is 1.50 bits per heavy atom. The number of oxime groups is 1. The van der Waals surface area contributed by atoms with Gasteiger partial charge in [0.2, 0.25) is 0 Å². The zero-order valence-electron chi connectivity index (χ0n) is 12.0. The Balaban J connectivity index is 2.03. The summed E-state index contributed by atoms with van der Waals surface area (Å²) in [5.41, 5.74) is 1.28. The van der Waals surface area contributed by atoms with Gasteiger partial charge in [0.15, 0.2) is 0 Å². The standard InChI is InChI=1S/C15H21NO4/c1-11(16-17)14-6-5-13(18-2)10-15(14)20-9-7-12-4-3-8-19-12/h5-6,10,12,17H,3-4,7-9H2,1-2H3/b16-11+. The first-order chi connectivity index (χ1) is 9.74. The van der Waals surface area contributed by atoms with Crippen molar-refractivity contribution in [3.05, 3.63) is 23.8 Å². The van der Waals surface area contributed by atoms with Crippen molar-refractivity contribution in [1.82, 2.24) is 0 Å². The molecule has 1 aliphatic rings. The lowest BCUT2D eigenvalue weighted by molar-refractivity contribution is 0.0903. The maximum absolute atomic E-state index is 8.92. The minimum Gasteiger partial charge on any atom is -0.497 e. The van der Waals surface area contributed by atoms with E-state index < -0.39 is 0 Å². The van der Waals surface area contributed by atoms with Crippen molar-refractivity contribution >= 4 is 5.71 Å². The molecule has 1 saturated heterocycles. The Hall–Kier alpha value is -1.75. The van der Waals surface area contributed by atoms with E-state index in [4.69, 9.17) is 19.4 Å². The Labute approximate surface area is 119 Å². The summed E-state index contributed by atoms with van der Waals surface area (Å²) >= 11 is 0. The lowest BCUT2D eigenvalue weighted by atomic mass is 10.1. The van der Waals surface area contributed by atoms with Gasteiger partial charge in [-0.2, -0.15) is 0 Å². The molecule has 1 atom stereocenters. The van der Waals surface area contributed by atoms with Gasteiger partial charge < -0.3 is 19.4 Å². The van der Waals surface area contributed by atoms with Crippen LogP contribution in [0.2, 0.25) is 0 Å². The SMILES string of the molecule is COc1ccc(/C(C)=N/O)c(OCCC2CCCO2)c1. The molecule has 1 fully saturated rings. The molecule has 1 heterocycles. The summed E-state index contributed by atoms with van der Waals surface area (Å²) in [5.74, 6) is 1.38. The topological polar surface area (TPSA) is 60.3 Å². The van der Waals surface area contributed by atoms with E-state index in [2.05, 4.69) is 5.16 Å². The first kappa shape index (κ1) is 14.7. The van der Waals surface area contributed by atoms with Crippen molar-refractivity contribution in [3.63, 3.8) is 0 Å². The molecule has 2 rings (SSSR count). The molecular weight excluding hydrogens is 258 g/mol. The van der Waals surface area contributed by atoms with Crippen molar-refractivity contribution in [1.29, 1.82) is 0 Å². The highest BCUT2D eigenvalue weighted by Crippen LogP contribution is 2.26. The number of benzene rings is 1. The molecule has 0 bridgehead atoms. The van der Waals surface area contributed by atoms with Crippen LogP contribution in [0.3, 0.4) is 0 Å². The van der Waals surface area contributed by atoms with Gasteiger partial charge in [0.05, 0.1) is 25.5 Å². The fraction of sp³-hybridized carbons (Fsp3) is 0.533. The van der Waals surface area contributed by atoms with Crippen LogP contribution in [0.25, 0.3) is 0 Å². The number of ether oxygens (including phenoxy) is 3. The van der Waals surface area contributed by atoms with E-state index in [0.717, 1.165) is 31.4 Å². The van der Waals surface area contributed by atoms with Gasteiger partial charge in [0, 0.05) is 24.7 Å². The Kier molecular flexibility index (Phi) is 5.24. The van der Waals surface area contributed by atoms with E-state index in [0.29, 0.717) is 29.9 Å². The van der Waals surface area contributed by atoms with Gasteiger partial charge in [0.1, 0.15) is 11.5 Å². The van der Waals surface area contributed by atoms with Crippen LogP contribution in [0.5, 0.6) is 11.5 Å². The van der Waals surface area contributed by atoms with E-state index in [1.807, 2.05) is 12.1 Å². The predicted molar refractivity (Wildman–Crippen MR) is 76.1 cm³/mol. The second kappa shape index (κ2) is 7.14. The second-order valence-corrected chi connectivity index (χ2v) is 4.82. The van der Waals surface area contributed by atoms with E-state index in [1.54, 1.807) is 20.1 Å². The molecule has 110 valence electrons. The van der Waals surface area contributed by atoms with Gasteiger partial charge >= 0.3 is 0 Å². The van der Waals surface area contributed by atoms with E-state index in [-0.39, 0.29) is 0 Å². The van der Waals surface area contributed by atoms with E-state index in [9.17, 15) is 0 Å². The quantitative estimate of drug-likeness (QED) is 0.494. The maximum atomic E-state index is 8.92. The largest absolute Gasteiger partial charge is 0.497 e. The second-order valence-electron chi connectivity index (χ2n) is 4.82. The van der Waals surface area contributed by atoms with Crippen molar-refractivity contribution in [2.24, 2.45) is 5.16 Å². The molecule has 0 radical (unpaired) electrons. The predicted octanol–water partition coefficient (Wildman–Crippen LogP) is 2.84. The van der Waals surface area contributed by atoms with Gasteiger partial charge in [-0.05, 0) is 31.9 Å². The van der Waals surface area contributed by atoms with Crippen molar-refractivity contribution in [3.8, 4) is 11.5 Å². The van der Waals surface area contributed by atoms with Gasteiger partial charge in [-0.15, -0.1) is 0 Å². The molecule has 0 saturated carbocycles. The minimum atomic E-state index is 0.302. The molecule has 1 unspecified atom stereocenters. The highest BCUT2D eigenvalue weighted by atomic mass is 16.5.